The van der Waals surface area contributed by atoms with Crippen LogP contribution in [0, 0.1) is 5.92 Å². The molecule has 1 atom stereocenters. The minimum absolute atomic E-state index is 0.478. The normalized spacial score (nSPS) is 20.4. The highest BCUT2D eigenvalue weighted by atomic mass is 79.9. The number of benzene rings is 1. The summed E-state index contributed by atoms with van der Waals surface area (Å²) >= 11 is 8.64. The molecule has 1 aromatic rings. The lowest BCUT2D eigenvalue weighted by molar-refractivity contribution is 0.446. The third kappa shape index (κ3) is 2.99. The second-order valence-corrected chi connectivity index (χ2v) is 6.07. The van der Waals surface area contributed by atoms with Gasteiger partial charge >= 0.3 is 0 Å². The Balaban J connectivity index is 2.35. The second-order valence-electron chi connectivity index (χ2n) is 4.72. The first kappa shape index (κ1) is 12.8. The molecule has 0 aromatic heterocycles. The quantitative estimate of drug-likeness (QED) is 0.849. The summed E-state index contributed by atoms with van der Waals surface area (Å²) in [6.07, 6.45) is 2.55. The maximum atomic E-state index is 5.80. The highest BCUT2D eigenvalue weighted by Crippen LogP contribution is 2.29. The average molecular weight is 313 g/mol. The van der Waals surface area contributed by atoms with Gasteiger partial charge in [0, 0.05) is 28.8 Å². The topological polar surface area (TPSA) is 29.3 Å². The number of hydrogen-bond acceptors (Lipinski definition) is 2. The minimum Gasteiger partial charge on any atom is -0.389 e. The Labute approximate surface area is 116 Å². The zero-order valence-electron chi connectivity index (χ0n) is 9.95. The summed E-state index contributed by atoms with van der Waals surface area (Å²) in [5, 5.41) is 0. The summed E-state index contributed by atoms with van der Waals surface area (Å²) in [4.78, 5) is 2.87. The summed E-state index contributed by atoms with van der Waals surface area (Å²) in [6.45, 7) is 4.48. The number of halogens is 1. The molecule has 0 saturated carbocycles. The Kier molecular flexibility index (Phi) is 4.05. The Hall–Kier alpha value is -0.610. The van der Waals surface area contributed by atoms with Crippen molar-refractivity contribution in [3.8, 4) is 0 Å². The van der Waals surface area contributed by atoms with Gasteiger partial charge in [-0.05, 0) is 37.0 Å². The van der Waals surface area contributed by atoms with Crippen molar-refractivity contribution < 1.29 is 0 Å². The summed E-state index contributed by atoms with van der Waals surface area (Å²) in [6, 6.07) is 6.11. The minimum atomic E-state index is 0.478. The smallest absolute Gasteiger partial charge is 0.106 e. The van der Waals surface area contributed by atoms with Crippen molar-refractivity contribution in [1.29, 1.82) is 0 Å². The van der Waals surface area contributed by atoms with E-state index >= 15 is 0 Å². The van der Waals surface area contributed by atoms with Crippen molar-refractivity contribution in [1.82, 2.24) is 0 Å². The van der Waals surface area contributed by atoms with E-state index in [0.717, 1.165) is 29.0 Å². The first-order valence-electron chi connectivity index (χ1n) is 5.92. The van der Waals surface area contributed by atoms with E-state index in [1.54, 1.807) is 0 Å². The molecule has 1 heterocycles. The van der Waals surface area contributed by atoms with Crippen LogP contribution in [0.25, 0.3) is 0 Å². The summed E-state index contributed by atoms with van der Waals surface area (Å²) < 4.78 is 1.07. The van der Waals surface area contributed by atoms with Crippen molar-refractivity contribution in [3.05, 3.63) is 28.2 Å². The zero-order valence-corrected chi connectivity index (χ0v) is 12.4. The molecule has 1 aliphatic heterocycles. The molecule has 0 amide bonds. The van der Waals surface area contributed by atoms with Crippen LogP contribution < -0.4 is 10.6 Å². The number of piperidine rings is 1. The van der Waals surface area contributed by atoms with Gasteiger partial charge < -0.3 is 10.6 Å². The molecule has 1 saturated heterocycles. The van der Waals surface area contributed by atoms with Gasteiger partial charge in [-0.3, -0.25) is 0 Å². The van der Waals surface area contributed by atoms with Crippen molar-refractivity contribution in [2.24, 2.45) is 11.7 Å². The molecule has 2 nitrogen and oxygen atoms in total. The number of rotatable bonds is 2. The summed E-state index contributed by atoms with van der Waals surface area (Å²) in [7, 11) is 0. The van der Waals surface area contributed by atoms with E-state index in [9.17, 15) is 0 Å². The molecule has 1 aromatic carbocycles. The van der Waals surface area contributed by atoms with Crippen LogP contribution in [0.1, 0.15) is 25.3 Å². The van der Waals surface area contributed by atoms with Crippen molar-refractivity contribution in [2.45, 2.75) is 19.8 Å². The van der Waals surface area contributed by atoms with Gasteiger partial charge in [-0.15, -0.1) is 0 Å². The lowest BCUT2D eigenvalue weighted by Gasteiger charge is -2.34. The molecular formula is C13H17BrN2S. The number of nitrogens with zero attached hydrogens (tertiary/aromatic N) is 1. The third-order valence-electron chi connectivity index (χ3n) is 3.22. The van der Waals surface area contributed by atoms with Gasteiger partial charge in [0.1, 0.15) is 4.99 Å². The number of thiocarbonyl (C=S) groups is 1. The van der Waals surface area contributed by atoms with Gasteiger partial charge in [-0.25, -0.2) is 0 Å². The van der Waals surface area contributed by atoms with Crippen LogP contribution in [0.15, 0.2) is 22.7 Å². The Bertz CT molecular complexity index is 433. The van der Waals surface area contributed by atoms with E-state index in [-0.39, 0.29) is 0 Å². The fraction of sp³-hybridized carbons (Fsp3) is 0.462. The first-order chi connectivity index (χ1) is 8.08. The monoisotopic (exact) mass is 312 g/mol. The van der Waals surface area contributed by atoms with E-state index in [1.807, 2.05) is 12.1 Å². The lowest BCUT2D eigenvalue weighted by atomic mass is 9.99. The first-order valence-corrected chi connectivity index (χ1v) is 7.12. The van der Waals surface area contributed by atoms with Crippen LogP contribution in [0.2, 0.25) is 0 Å². The van der Waals surface area contributed by atoms with Gasteiger partial charge in [-0.2, -0.15) is 0 Å². The van der Waals surface area contributed by atoms with Crippen LogP contribution in [0.5, 0.6) is 0 Å². The molecule has 2 N–H and O–H groups in total. The van der Waals surface area contributed by atoms with Crippen LogP contribution in [0.3, 0.4) is 0 Å². The fourth-order valence-corrected chi connectivity index (χ4v) is 2.90. The highest BCUT2D eigenvalue weighted by molar-refractivity contribution is 9.10. The molecular weight excluding hydrogens is 296 g/mol. The van der Waals surface area contributed by atoms with E-state index in [0.29, 0.717) is 4.99 Å². The molecule has 1 fully saturated rings. The second kappa shape index (κ2) is 5.36. The maximum absolute atomic E-state index is 5.80. The summed E-state index contributed by atoms with van der Waals surface area (Å²) in [5.41, 5.74) is 7.94. The molecule has 1 unspecified atom stereocenters. The average Bonchev–Trinajstić information content (AvgIpc) is 2.28. The van der Waals surface area contributed by atoms with Crippen LogP contribution in [0.4, 0.5) is 5.69 Å². The Morgan fingerprint density at radius 1 is 1.53 bits per heavy atom. The molecule has 17 heavy (non-hydrogen) atoms. The van der Waals surface area contributed by atoms with Crippen molar-refractivity contribution in [2.75, 3.05) is 18.0 Å². The van der Waals surface area contributed by atoms with E-state index in [4.69, 9.17) is 18.0 Å². The Morgan fingerprint density at radius 3 is 2.94 bits per heavy atom. The third-order valence-corrected chi connectivity index (χ3v) is 3.94. The molecule has 4 heteroatoms. The maximum Gasteiger partial charge on any atom is 0.106 e. The van der Waals surface area contributed by atoms with Crippen LogP contribution in [-0.4, -0.2) is 18.1 Å². The van der Waals surface area contributed by atoms with Crippen LogP contribution >= 0.6 is 28.1 Å². The summed E-state index contributed by atoms with van der Waals surface area (Å²) in [5.74, 6) is 0.738. The molecule has 0 bridgehead atoms. The van der Waals surface area contributed by atoms with E-state index < -0.39 is 0 Å². The van der Waals surface area contributed by atoms with Crippen molar-refractivity contribution >= 4 is 38.8 Å². The fourth-order valence-electron chi connectivity index (χ4n) is 2.38. The van der Waals surface area contributed by atoms with Gasteiger partial charge in [-0.1, -0.05) is 35.1 Å². The van der Waals surface area contributed by atoms with Crippen molar-refractivity contribution in [3.63, 3.8) is 0 Å². The number of hydrogen-bond donors (Lipinski definition) is 1. The Morgan fingerprint density at radius 2 is 2.29 bits per heavy atom. The molecule has 0 aliphatic carbocycles. The van der Waals surface area contributed by atoms with Crippen LogP contribution in [-0.2, 0) is 0 Å². The van der Waals surface area contributed by atoms with Gasteiger partial charge in [0.25, 0.3) is 0 Å². The number of nitrogens with two attached hydrogens (primary N) is 1. The predicted octanol–water partition coefficient (Wildman–Crippen LogP) is 3.32. The predicted molar refractivity (Wildman–Crippen MR) is 80.6 cm³/mol. The van der Waals surface area contributed by atoms with E-state index in [1.165, 1.54) is 18.5 Å². The van der Waals surface area contributed by atoms with Gasteiger partial charge in [0.2, 0.25) is 0 Å². The zero-order chi connectivity index (χ0) is 12.4. The molecule has 92 valence electrons. The largest absolute Gasteiger partial charge is 0.389 e. The standard InChI is InChI=1S/C13H17BrN2S/c1-9-3-2-6-16(8-9)12-7-10(14)4-5-11(12)13(15)17/h4-5,7,9H,2-3,6,8H2,1H3,(H2,15,17). The van der Waals surface area contributed by atoms with Gasteiger partial charge in [0.05, 0.1) is 0 Å². The molecule has 1 aliphatic rings. The van der Waals surface area contributed by atoms with Gasteiger partial charge in [0.15, 0.2) is 0 Å². The SMILES string of the molecule is CC1CCCN(c2cc(Br)ccc2C(N)=S)C1. The molecule has 0 radical (unpaired) electrons. The molecule has 2 rings (SSSR count). The lowest BCUT2D eigenvalue weighted by Crippen LogP contribution is -2.35. The van der Waals surface area contributed by atoms with E-state index in [2.05, 4.69) is 33.8 Å². The highest BCUT2D eigenvalue weighted by Gasteiger charge is 2.19. The molecule has 0 spiro atoms. The number of anilines is 1.